The van der Waals surface area contributed by atoms with E-state index in [0.717, 1.165) is 18.0 Å². The molecule has 0 bridgehead atoms. The maximum atomic E-state index is 11.8. The topological polar surface area (TPSA) is 67.2 Å². The molecular formula is C15H19N3OS. The minimum atomic E-state index is -0.105. The van der Waals surface area contributed by atoms with Crippen LogP contribution in [0.3, 0.4) is 0 Å². The summed E-state index contributed by atoms with van der Waals surface area (Å²) in [6.07, 6.45) is 0.940. The second-order valence-electron chi connectivity index (χ2n) is 4.42. The molecule has 0 saturated carbocycles. The van der Waals surface area contributed by atoms with Gasteiger partial charge >= 0.3 is 0 Å². The molecule has 0 saturated heterocycles. The van der Waals surface area contributed by atoms with E-state index in [-0.39, 0.29) is 5.91 Å². The van der Waals surface area contributed by atoms with Crippen molar-refractivity contribution in [3.8, 4) is 0 Å². The summed E-state index contributed by atoms with van der Waals surface area (Å²) in [5.41, 5.74) is 7.68. The summed E-state index contributed by atoms with van der Waals surface area (Å²) in [5.74, 6) is -0.105. The summed E-state index contributed by atoms with van der Waals surface area (Å²) >= 11 is 1.39. The predicted molar refractivity (Wildman–Crippen MR) is 85.4 cm³/mol. The number of hydrogen-bond acceptors (Lipinski definition) is 4. The van der Waals surface area contributed by atoms with Crippen molar-refractivity contribution in [1.82, 2.24) is 5.32 Å². The Morgan fingerprint density at radius 3 is 2.75 bits per heavy atom. The van der Waals surface area contributed by atoms with Crippen LogP contribution in [0.15, 0.2) is 36.4 Å². The Hall–Kier alpha value is -2.01. The molecule has 1 heterocycles. The number of rotatable bonds is 6. The largest absolute Gasteiger partial charge is 0.397 e. The van der Waals surface area contributed by atoms with Gasteiger partial charge in [-0.3, -0.25) is 4.79 Å². The van der Waals surface area contributed by atoms with Crippen LogP contribution in [-0.2, 0) is 6.42 Å². The molecule has 1 amide bonds. The highest BCUT2D eigenvalue weighted by Gasteiger charge is 2.13. The van der Waals surface area contributed by atoms with Crippen LogP contribution in [-0.4, -0.2) is 19.0 Å². The van der Waals surface area contributed by atoms with Gasteiger partial charge in [-0.1, -0.05) is 30.3 Å². The van der Waals surface area contributed by atoms with Crippen molar-refractivity contribution in [2.75, 3.05) is 24.1 Å². The SMILES string of the molecule is CCNC(=O)c1sc(NCCc2ccccc2)cc1N. The maximum absolute atomic E-state index is 11.8. The van der Waals surface area contributed by atoms with Crippen molar-refractivity contribution in [1.29, 1.82) is 0 Å². The van der Waals surface area contributed by atoms with Crippen molar-refractivity contribution in [2.24, 2.45) is 0 Å². The van der Waals surface area contributed by atoms with Gasteiger partial charge in [-0.15, -0.1) is 11.3 Å². The third kappa shape index (κ3) is 3.74. The summed E-state index contributed by atoms with van der Waals surface area (Å²) in [6, 6.07) is 12.1. The molecule has 4 nitrogen and oxygen atoms in total. The Bertz CT molecular complexity index is 566. The van der Waals surface area contributed by atoms with Crippen molar-refractivity contribution in [3.05, 3.63) is 46.8 Å². The number of benzene rings is 1. The number of amides is 1. The monoisotopic (exact) mass is 289 g/mol. The van der Waals surface area contributed by atoms with Gasteiger partial charge in [0.2, 0.25) is 0 Å². The van der Waals surface area contributed by atoms with Crippen LogP contribution in [0.2, 0.25) is 0 Å². The molecule has 1 aromatic carbocycles. The molecule has 0 spiro atoms. The first-order valence-electron chi connectivity index (χ1n) is 6.66. The van der Waals surface area contributed by atoms with E-state index in [0.29, 0.717) is 17.1 Å². The van der Waals surface area contributed by atoms with Crippen LogP contribution in [0.1, 0.15) is 22.2 Å². The van der Waals surface area contributed by atoms with Gasteiger partial charge < -0.3 is 16.4 Å². The zero-order chi connectivity index (χ0) is 14.4. The summed E-state index contributed by atoms with van der Waals surface area (Å²) in [4.78, 5) is 12.3. The first kappa shape index (κ1) is 14.4. The van der Waals surface area contributed by atoms with Gasteiger partial charge in [0, 0.05) is 13.1 Å². The minimum absolute atomic E-state index is 0.105. The number of hydrogen-bond donors (Lipinski definition) is 3. The molecule has 2 rings (SSSR count). The first-order valence-corrected chi connectivity index (χ1v) is 7.47. The number of carbonyl (C=O) groups is 1. The Morgan fingerprint density at radius 2 is 2.05 bits per heavy atom. The molecule has 0 unspecified atom stereocenters. The smallest absolute Gasteiger partial charge is 0.263 e. The van der Waals surface area contributed by atoms with Gasteiger partial charge in [0.05, 0.1) is 10.7 Å². The zero-order valence-corrected chi connectivity index (χ0v) is 12.3. The molecule has 20 heavy (non-hydrogen) atoms. The average molecular weight is 289 g/mol. The molecule has 0 fully saturated rings. The Balaban J connectivity index is 1.91. The molecule has 1 aromatic heterocycles. The van der Waals surface area contributed by atoms with Crippen molar-refractivity contribution in [2.45, 2.75) is 13.3 Å². The van der Waals surface area contributed by atoms with Crippen LogP contribution >= 0.6 is 11.3 Å². The summed E-state index contributed by atoms with van der Waals surface area (Å²) in [5, 5.41) is 7.00. The second-order valence-corrected chi connectivity index (χ2v) is 5.47. The quantitative estimate of drug-likeness (QED) is 0.766. The molecule has 2 aromatic rings. The molecule has 0 aliphatic heterocycles. The Morgan fingerprint density at radius 1 is 1.30 bits per heavy atom. The fourth-order valence-corrected chi connectivity index (χ4v) is 2.81. The number of nitrogens with two attached hydrogens (primary N) is 1. The van der Waals surface area contributed by atoms with Gasteiger partial charge in [-0.25, -0.2) is 0 Å². The fraction of sp³-hybridized carbons (Fsp3) is 0.267. The van der Waals surface area contributed by atoms with Crippen molar-refractivity contribution < 1.29 is 4.79 Å². The van der Waals surface area contributed by atoms with E-state index >= 15 is 0 Å². The van der Waals surface area contributed by atoms with E-state index in [1.807, 2.05) is 31.2 Å². The normalized spacial score (nSPS) is 10.2. The molecule has 0 aliphatic rings. The highest BCUT2D eigenvalue weighted by Crippen LogP contribution is 2.29. The standard InChI is InChI=1S/C15H19N3OS/c1-2-17-15(19)14-12(16)10-13(20-14)18-9-8-11-6-4-3-5-7-11/h3-7,10,18H,2,8-9,16H2,1H3,(H,17,19). The highest BCUT2D eigenvalue weighted by molar-refractivity contribution is 7.18. The number of nitrogens with one attached hydrogen (secondary N) is 2. The van der Waals surface area contributed by atoms with Crippen LogP contribution in [0.4, 0.5) is 10.7 Å². The first-order chi connectivity index (χ1) is 9.70. The lowest BCUT2D eigenvalue weighted by Gasteiger charge is -2.03. The average Bonchev–Trinajstić information content (AvgIpc) is 2.81. The van der Waals surface area contributed by atoms with Gasteiger partial charge in [-0.05, 0) is 25.0 Å². The molecule has 5 heteroatoms. The summed E-state index contributed by atoms with van der Waals surface area (Å²) < 4.78 is 0. The number of thiophene rings is 1. The predicted octanol–water partition coefficient (Wildman–Crippen LogP) is 2.73. The zero-order valence-electron chi connectivity index (χ0n) is 11.5. The maximum Gasteiger partial charge on any atom is 0.263 e. The van der Waals surface area contributed by atoms with Crippen LogP contribution < -0.4 is 16.4 Å². The van der Waals surface area contributed by atoms with Crippen LogP contribution in [0.25, 0.3) is 0 Å². The van der Waals surface area contributed by atoms with Gasteiger partial charge in [0.1, 0.15) is 4.88 Å². The van der Waals surface area contributed by atoms with Gasteiger partial charge in [-0.2, -0.15) is 0 Å². The number of carbonyl (C=O) groups excluding carboxylic acids is 1. The van der Waals surface area contributed by atoms with Gasteiger partial charge in [0.15, 0.2) is 0 Å². The lowest BCUT2D eigenvalue weighted by molar-refractivity contribution is 0.0960. The lowest BCUT2D eigenvalue weighted by atomic mass is 10.1. The second kappa shape index (κ2) is 6.96. The van der Waals surface area contributed by atoms with E-state index < -0.39 is 0 Å². The molecule has 0 radical (unpaired) electrons. The van der Waals surface area contributed by atoms with E-state index in [1.54, 1.807) is 0 Å². The van der Waals surface area contributed by atoms with Crippen LogP contribution in [0.5, 0.6) is 0 Å². The van der Waals surface area contributed by atoms with Crippen molar-refractivity contribution in [3.63, 3.8) is 0 Å². The Kier molecular flexibility index (Phi) is 5.01. The summed E-state index contributed by atoms with van der Waals surface area (Å²) in [7, 11) is 0. The summed E-state index contributed by atoms with van der Waals surface area (Å²) in [6.45, 7) is 3.31. The molecule has 106 valence electrons. The van der Waals surface area contributed by atoms with Crippen LogP contribution in [0, 0.1) is 0 Å². The molecule has 0 atom stereocenters. The fourth-order valence-electron chi connectivity index (χ4n) is 1.89. The third-order valence-electron chi connectivity index (χ3n) is 2.86. The lowest BCUT2D eigenvalue weighted by Crippen LogP contribution is -2.22. The van der Waals surface area contributed by atoms with E-state index in [2.05, 4.69) is 22.8 Å². The molecule has 0 aliphatic carbocycles. The van der Waals surface area contributed by atoms with Gasteiger partial charge in [0.25, 0.3) is 5.91 Å². The molecule has 4 N–H and O–H groups in total. The van der Waals surface area contributed by atoms with E-state index in [4.69, 9.17) is 5.73 Å². The van der Waals surface area contributed by atoms with E-state index in [9.17, 15) is 4.79 Å². The highest BCUT2D eigenvalue weighted by atomic mass is 32.1. The van der Waals surface area contributed by atoms with E-state index in [1.165, 1.54) is 16.9 Å². The van der Waals surface area contributed by atoms with Crippen molar-refractivity contribution >= 4 is 27.9 Å². The minimum Gasteiger partial charge on any atom is -0.397 e. The Labute approximate surface area is 123 Å². The number of nitrogen functional groups attached to an aromatic ring is 1. The number of anilines is 2. The third-order valence-corrected chi connectivity index (χ3v) is 3.97. The molecular weight excluding hydrogens is 270 g/mol.